The minimum Gasteiger partial charge on any atom is -0.0655 e. The average Bonchev–Trinajstić information content (AvgIpc) is 3.31. The molecule has 0 fully saturated rings. The summed E-state index contributed by atoms with van der Waals surface area (Å²) in [6, 6.07) is 31.6. The summed E-state index contributed by atoms with van der Waals surface area (Å²) in [6.45, 7) is 11.5. The van der Waals surface area contributed by atoms with Crippen molar-refractivity contribution in [3.8, 4) is 22.3 Å². The van der Waals surface area contributed by atoms with Gasteiger partial charge in [0.15, 0.2) is 0 Å². The highest BCUT2D eigenvalue weighted by Crippen LogP contribution is 2.53. The Balaban J connectivity index is 1.62. The highest BCUT2D eigenvalue weighted by Gasteiger charge is 2.34. The Hall–Kier alpha value is -3.64. The van der Waals surface area contributed by atoms with E-state index in [2.05, 4.69) is 126 Å². The fraction of sp³-hybridized carbons (Fsp3) is 0.200. The molecule has 0 saturated heterocycles. The first-order valence-corrected chi connectivity index (χ1v) is 12.7. The first-order chi connectivity index (χ1) is 17.0. The molecule has 0 aromatic heterocycles. The smallest absolute Gasteiger partial charge is 0.0314 e. The lowest BCUT2D eigenvalue weighted by atomic mass is 9.79. The van der Waals surface area contributed by atoms with E-state index >= 15 is 0 Å². The SMILES string of the molecule is CC1=Cc2ccc(C3C(C)=C(C)c4c(-c5ccccc5)cccc43)c(-c3ccc(C)cc3)c2C1C. The molecule has 2 aliphatic carbocycles. The zero-order valence-corrected chi connectivity index (χ0v) is 21.3. The van der Waals surface area contributed by atoms with E-state index < -0.39 is 0 Å². The first-order valence-electron chi connectivity index (χ1n) is 12.7. The summed E-state index contributed by atoms with van der Waals surface area (Å²) in [5, 5.41) is 0. The monoisotopic (exact) mass is 452 g/mol. The molecule has 0 bridgehead atoms. The van der Waals surface area contributed by atoms with Crippen LogP contribution in [0.25, 0.3) is 33.9 Å². The Bertz CT molecular complexity index is 1510. The van der Waals surface area contributed by atoms with Crippen LogP contribution in [0.3, 0.4) is 0 Å². The minimum atomic E-state index is 0.267. The van der Waals surface area contributed by atoms with Gasteiger partial charge in [-0.1, -0.05) is 115 Å². The summed E-state index contributed by atoms with van der Waals surface area (Å²) in [4.78, 5) is 0. The molecule has 2 aliphatic rings. The molecule has 0 heterocycles. The van der Waals surface area contributed by atoms with Crippen molar-refractivity contribution < 1.29 is 0 Å². The van der Waals surface area contributed by atoms with Crippen molar-refractivity contribution in [3.63, 3.8) is 0 Å². The molecule has 0 heteroatoms. The van der Waals surface area contributed by atoms with Crippen molar-refractivity contribution in [3.05, 3.63) is 129 Å². The lowest BCUT2D eigenvalue weighted by Crippen LogP contribution is -2.06. The topological polar surface area (TPSA) is 0 Å². The highest BCUT2D eigenvalue weighted by molar-refractivity contribution is 5.91. The van der Waals surface area contributed by atoms with E-state index in [1.165, 1.54) is 72.4 Å². The van der Waals surface area contributed by atoms with Crippen molar-refractivity contribution in [1.82, 2.24) is 0 Å². The van der Waals surface area contributed by atoms with Gasteiger partial charge in [-0.25, -0.2) is 0 Å². The molecular formula is C35H32. The third-order valence-corrected chi connectivity index (χ3v) is 8.35. The second kappa shape index (κ2) is 8.24. The number of hydrogen-bond acceptors (Lipinski definition) is 0. The van der Waals surface area contributed by atoms with Crippen LogP contribution in [0.1, 0.15) is 72.9 Å². The third-order valence-electron chi connectivity index (χ3n) is 8.35. The molecule has 35 heavy (non-hydrogen) atoms. The first kappa shape index (κ1) is 21.9. The Morgan fingerprint density at radius 2 is 1.31 bits per heavy atom. The second-order valence-corrected chi connectivity index (χ2v) is 10.4. The normalized spacial score (nSPS) is 18.5. The highest BCUT2D eigenvalue weighted by atomic mass is 14.4. The Morgan fingerprint density at radius 3 is 2.06 bits per heavy atom. The summed E-state index contributed by atoms with van der Waals surface area (Å²) < 4.78 is 0. The Labute approximate surface area is 209 Å². The zero-order chi connectivity index (χ0) is 24.3. The molecule has 4 aromatic rings. The Morgan fingerprint density at radius 1 is 0.600 bits per heavy atom. The van der Waals surface area contributed by atoms with E-state index in [0.29, 0.717) is 5.92 Å². The van der Waals surface area contributed by atoms with E-state index in [9.17, 15) is 0 Å². The molecule has 0 saturated carbocycles. The van der Waals surface area contributed by atoms with Gasteiger partial charge in [0.25, 0.3) is 0 Å². The van der Waals surface area contributed by atoms with Gasteiger partial charge in [-0.05, 0) is 83.3 Å². The van der Waals surface area contributed by atoms with Crippen LogP contribution in [0.5, 0.6) is 0 Å². The molecule has 4 aromatic carbocycles. The number of hydrogen-bond donors (Lipinski definition) is 0. The van der Waals surface area contributed by atoms with Crippen LogP contribution in [0.4, 0.5) is 0 Å². The standard InChI is InChI=1S/C35H32/c1-21-14-16-27(17-15-21)35-31(19-18-28-20-22(2)23(3)32(28)35)34-25(5)24(4)33-29(12-9-13-30(33)34)26-10-7-6-8-11-26/h6-20,23,34H,1-5H3. The summed E-state index contributed by atoms with van der Waals surface area (Å²) in [7, 11) is 0. The number of aryl methyl sites for hydroxylation is 1. The number of rotatable bonds is 3. The molecule has 0 N–H and O–H groups in total. The maximum Gasteiger partial charge on any atom is 0.0314 e. The van der Waals surface area contributed by atoms with Gasteiger partial charge >= 0.3 is 0 Å². The van der Waals surface area contributed by atoms with E-state index in [0.717, 1.165) is 0 Å². The molecule has 0 spiro atoms. The van der Waals surface area contributed by atoms with Gasteiger partial charge in [-0.3, -0.25) is 0 Å². The minimum absolute atomic E-state index is 0.267. The van der Waals surface area contributed by atoms with Crippen molar-refractivity contribution in [1.29, 1.82) is 0 Å². The summed E-state index contributed by atoms with van der Waals surface area (Å²) >= 11 is 0. The second-order valence-electron chi connectivity index (χ2n) is 10.4. The lowest BCUT2D eigenvalue weighted by Gasteiger charge is -2.24. The molecule has 0 aliphatic heterocycles. The van der Waals surface area contributed by atoms with Crippen LogP contribution < -0.4 is 0 Å². The largest absolute Gasteiger partial charge is 0.0655 e. The van der Waals surface area contributed by atoms with Crippen LogP contribution in [-0.4, -0.2) is 0 Å². The van der Waals surface area contributed by atoms with Crippen LogP contribution >= 0.6 is 0 Å². The molecule has 0 amide bonds. The van der Waals surface area contributed by atoms with E-state index in [4.69, 9.17) is 0 Å². The van der Waals surface area contributed by atoms with Gasteiger partial charge < -0.3 is 0 Å². The lowest BCUT2D eigenvalue weighted by molar-refractivity contribution is 0.909. The fourth-order valence-electron chi connectivity index (χ4n) is 6.26. The molecule has 2 atom stereocenters. The molecule has 0 nitrogen and oxygen atoms in total. The van der Waals surface area contributed by atoms with Crippen molar-refractivity contribution in [2.24, 2.45) is 0 Å². The molecule has 2 unspecified atom stereocenters. The third kappa shape index (κ3) is 3.35. The van der Waals surface area contributed by atoms with Crippen LogP contribution in [0.2, 0.25) is 0 Å². The van der Waals surface area contributed by atoms with Gasteiger partial charge in [0, 0.05) is 11.8 Å². The van der Waals surface area contributed by atoms with E-state index in [1.807, 2.05) is 0 Å². The molecule has 6 rings (SSSR count). The number of benzene rings is 4. The van der Waals surface area contributed by atoms with E-state index in [-0.39, 0.29) is 5.92 Å². The van der Waals surface area contributed by atoms with E-state index in [1.54, 1.807) is 0 Å². The number of fused-ring (bicyclic) bond motifs is 2. The van der Waals surface area contributed by atoms with Gasteiger partial charge in [0.05, 0.1) is 0 Å². The quantitative estimate of drug-likeness (QED) is 0.290. The van der Waals surface area contributed by atoms with Crippen LogP contribution in [0.15, 0.2) is 96.1 Å². The maximum atomic E-state index is 2.40. The van der Waals surface area contributed by atoms with Crippen molar-refractivity contribution >= 4 is 11.6 Å². The van der Waals surface area contributed by atoms with Gasteiger partial charge in [-0.15, -0.1) is 0 Å². The Kier molecular flexibility index (Phi) is 5.15. The van der Waals surface area contributed by atoms with Crippen LogP contribution in [0, 0.1) is 6.92 Å². The van der Waals surface area contributed by atoms with Gasteiger partial charge in [-0.2, -0.15) is 0 Å². The van der Waals surface area contributed by atoms with Gasteiger partial charge in [0.2, 0.25) is 0 Å². The summed E-state index contributed by atoms with van der Waals surface area (Å²) in [5.41, 5.74) is 18.2. The predicted octanol–water partition coefficient (Wildman–Crippen LogP) is 9.79. The predicted molar refractivity (Wildman–Crippen MR) is 151 cm³/mol. The molecular weight excluding hydrogens is 420 g/mol. The average molecular weight is 453 g/mol. The summed E-state index contributed by atoms with van der Waals surface area (Å²) in [6.07, 6.45) is 2.38. The molecule has 172 valence electrons. The maximum absolute atomic E-state index is 2.40. The van der Waals surface area contributed by atoms with Crippen molar-refractivity contribution in [2.45, 2.75) is 46.5 Å². The zero-order valence-electron chi connectivity index (χ0n) is 21.3. The summed E-state index contributed by atoms with van der Waals surface area (Å²) in [5.74, 6) is 0.700. The van der Waals surface area contributed by atoms with Gasteiger partial charge in [0.1, 0.15) is 0 Å². The number of allylic oxidation sites excluding steroid dienone is 3. The van der Waals surface area contributed by atoms with Crippen molar-refractivity contribution in [2.75, 3.05) is 0 Å². The molecule has 0 radical (unpaired) electrons. The fourth-order valence-corrected chi connectivity index (χ4v) is 6.26. The van der Waals surface area contributed by atoms with Crippen LogP contribution in [-0.2, 0) is 0 Å².